The molecule has 0 bridgehead atoms. The molecule has 0 unspecified atom stereocenters. The Morgan fingerprint density at radius 2 is 1.81 bits per heavy atom. The molecule has 0 saturated carbocycles. The third-order valence-electron chi connectivity index (χ3n) is 2.63. The van der Waals surface area contributed by atoms with Crippen LogP contribution in [-0.2, 0) is 0 Å². The van der Waals surface area contributed by atoms with Gasteiger partial charge >= 0.3 is 6.61 Å². The summed E-state index contributed by atoms with van der Waals surface area (Å²) in [5, 5.41) is 3.33. The van der Waals surface area contributed by atoms with E-state index in [1.807, 2.05) is 0 Å². The van der Waals surface area contributed by atoms with Crippen LogP contribution in [0.4, 0.5) is 20.2 Å². The lowest BCUT2D eigenvalue weighted by molar-refractivity contribution is -0.0493. The molecule has 0 amide bonds. The first-order valence-electron chi connectivity index (χ1n) is 5.88. The number of para-hydroxylation sites is 2. The monoisotopic (exact) mass is 328 g/mol. The number of nitrogens with two attached hydrogens (primary N) is 1. The number of hydrogen-bond acceptors (Lipinski definition) is 3. The summed E-state index contributed by atoms with van der Waals surface area (Å²) in [5.41, 5.74) is 6.96. The summed E-state index contributed by atoms with van der Waals surface area (Å²) in [5.74, 6) is 0.0152. The predicted molar refractivity (Wildman–Crippen MR) is 83.7 cm³/mol. The lowest BCUT2D eigenvalue weighted by atomic mass is 10.1. The molecule has 0 aromatic heterocycles. The van der Waals surface area contributed by atoms with E-state index >= 15 is 0 Å². The van der Waals surface area contributed by atoms with Gasteiger partial charge in [-0.2, -0.15) is 8.78 Å². The smallest absolute Gasteiger partial charge is 0.387 e. The Balaban J connectivity index is 2.39. The highest BCUT2D eigenvalue weighted by Gasteiger charge is 2.13. The lowest BCUT2D eigenvalue weighted by Gasteiger charge is -2.15. The fourth-order valence-corrected chi connectivity index (χ4v) is 2.34. The average molecular weight is 329 g/mol. The number of rotatable bonds is 5. The van der Waals surface area contributed by atoms with Gasteiger partial charge in [-0.3, -0.25) is 0 Å². The van der Waals surface area contributed by atoms with E-state index in [1.54, 1.807) is 36.4 Å². The molecule has 21 heavy (non-hydrogen) atoms. The fraction of sp³-hybridized carbons (Fsp3) is 0.0714. The number of ether oxygens (including phenoxy) is 1. The second kappa shape index (κ2) is 6.69. The van der Waals surface area contributed by atoms with Crippen LogP contribution >= 0.6 is 23.8 Å². The molecule has 2 aromatic rings. The first-order chi connectivity index (χ1) is 9.99. The van der Waals surface area contributed by atoms with Crippen molar-refractivity contribution in [2.75, 3.05) is 5.32 Å². The molecule has 0 aliphatic carbocycles. The SMILES string of the molecule is NC(=S)c1c(Cl)cccc1Nc1ccccc1OC(F)F. The van der Waals surface area contributed by atoms with Gasteiger partial charge in [-0.05, 0) is 24.3 Å². The topological polar surface area (TPSA) is 47.3 Å². The van der Waals surface area contributed by atoms with Gasteiger partial charge in [-0.1, -0.05) is 42.0 Å². The Morgan fingerprint density at radius 1 is 1.14 bits per heavy atom. The molecule has 0 spiro atoms. The number of thiocarbonyl (C=S) groups is 1. The number of halogens is 3. The number of alkyl halides is 2. The van der Waals surface area contributed by atoms with Crippen LogP contribution in [-0.4, -0.2) is 11.6 Å². The van der Waals surface area contributed by atoms with E-state index in [9.17, 15) is 8.78 Å². The van der Waals surface area contributed by atoms with Crippen LogP contribution in [0, 0.1) is 0 Å². The van der Waals surface area contributed by atoms with E-state index in [4.69, 9.17) is 29.6 Å². The fourth-order valence-electron chi connectivity index (χ4n) is 1.79. The second-order valence-electron chi connectivity index (χ2n) is 4.03. The highest BCUT2D eigenvalue weighted by molar-refractivity contribution is 7.80. The first kappa shape index (κ1) is 15.5. The summed E-state index contributed by atoms with van der Waals surface area (Å²) in [6, 6.07) is 11.3. The van der Waals surface area contributed by atoms with Crippen molar-refractivity contribution in [2.24, 2.45) is 5.73 Å². The first-order valence-corrected chi connectivity index (χ1v) is 6.67. The van der Waals surface area contributed by atoms with Gasteiger partial charge in [-0.25, -0.2) is 0 Å². The Kier molecular flexibility index (Phi) is 4.93. The zero-order valence-corrected chi connectivity index (χ0v) is 12.2. The van der Waals surface area contributed by atoms with E-state index in [0.717, 1.165) is 0 Å². The number of nitrogens with one attached hydrogen (secondary N) is 1. The van der Waals surface area contributed by atoms with Crippen molar-refractivity contribution in [3.63, 3.8) is 0 Å². The summed E-state index contributed by atoms with van der Waals surface area (Å²) < 4.78 is 29.3. The van der Waals surface area contributed by atoms with Crippen molar-refractivity contribution in [3.8, 4) is 5.75 Å². The number of anilines is 2. The maximum absolute atomic E-state index is 12.4. The Morgan fingerprint density at radius 3 is 2.48 bits per heavy atom. The Bertz CT molecular complexity index is 667. The van der Waals surface area contributed by atoms with Crippen LogP contribution in [0.5, 0.6) is 5.75 Å². The lowest BCUT2D eigenvalue weighted by Crippen LogP contribution is -2.13. The van der Waals surface area contributed by atoms with Gasteiger partial charge in [0.25, 0.3) is 0 Å². The summed E-state index contributed by atoms with van der Waals surface area (Å²) in [7, 11) is 0. The van der Waals surface area contributed by atoms with Gasteiger partial charge in [0.1, 0.15) is 10.7 Å². The standard InChI is InChI=1S/C14H11ClF2N2OS/c15-8-4-3-6-10(12(8)13(18)21)19-9-5-1-2-7-11(9)20-14(16)17/h1-7,14,19H,(H2,18,21). The highest BCUT2D eigenvalue weighted by atomic mass is 35.5. The van der Waals surface area contributed by atoms with Gasteiger partial charge in [0.2, 0.25) is 0 Å². The van der Waals surface area contributed by atoms with Crippen molar-refractivity contribution in [1.29, 1.82) is 0 Å². The Labute approximate surface area is 130 Å². The van der Waals surface area contributed by atoms with Crippen LogP contribution in [0.3, 0.4) is 0 Å². The van der Waals surface area contributed by atoms with Crippen molar-refractivity contribution in [3.05, 3.63) is 53.1 Å². The molecule has 2 rings (SSSR count). The van der Waals surface area contributed by atoms with Crippen LogP contribution in [0.15, 0.2) is 42.5 Å². The molecule has 0 aliphatic rings. The van der Waals surface area contributed by atoms with E-state index in [-0.39, 0.29) is 10.7 Å². The molecule has 2 aromatic carbocycles. The maximum Gasteiger partial charge on any atom is 0.387 e. The number of benzene rings is 2. The van der Waals surface area contributed by atoms with E-state index in [0.29, 0.717) is 22.0 Å². The molecule has 0 saturated heterocycles. The predicted octanol–water partition coefficient (Wildman–Crippen LogP) is 4.32. The molecule has 110 valence electrons. The third kappa shape index (κ3) is 3.80. The molecular weight excluding hydrogens is 318 g/mol. The van der Waals surface area contributed by atoms with Gasteiger partial charge in [-0.15, -0.1) is 0 Å². The van der Waals surface area contributed by atoms with Crippen molar-refractivity contribution in [1.82, 2.24) is 0 Å². The third-order valence-corrected chi connectivity index (χ3v) is 3.15. The van der Waals surface area contributed by atoms with E-state index < -0.39 is 6.61 Å². The maximum atomic E-state index is 12.4. The molecule has 7 heteroatoms. The van der Waals surface area contributed by atoms with Gasteiger partial charge < -0.3 is 15.8 Å². The van der Waals surface area contributed by atoms with Crippen molar-refractivity contribution >= 4 is 40.2 Å². The largest absolute Gasteiger partial charge is 0.433 e. The summed E-state index contributed by atoms with van der Waals surface area (Å²) in [4.78, 5) is 0.107. The molecule has 0 radical (unpaired) electrons. The summed E-state index contributed by atoms with van der Waals surface area (Å²) in [6.07, 6.45) is 0. The molecule has 3 N–H and O–H groups in total. The van der Waals surface area contributed by atoms with E-state index in [1.165, 1.54) is 6.07 Å². The Hall–Kier alpha value is -1.92. The molecule has 0 fully saturated rings. The zero-order valence-electron chi connectivity index (χ0n) is 10.6. The average Bonchev–Trinajstić information content (AvgIpc) is 2.40. The minimum Gasteiger partial charge on any atom is -0.433 e. The quantitative estimate of drug-likeness (QED) is 0.802. The van der Waals surface area contributed by atoms with Crippen LogP contribution < -0.4 is 15.8 Å². The second-order valence-corrected chi connectivity index (χ2v) is 4.87. The van der Waals surface area contributed by atoms with Crippen molar-refractivity contribution in [2.45, 2.75) is 6.61 Å². The molecular formula is C14H11ClF2N2OS. The van der Waals surface area contributed by atoms with Gasteiger partial charge in [0.15, 0.2) is 0 Å². The van der Waals surface area contributed by atoms with Crippen LogP contribution in [0.1, 0.15) is 5.56 Å². The molecule has 0 atom stereocenters. The molecule has 0 heterocycles. The molecule has 0 aliphatic heterocycles. The number of hydrogen-bond donors (Lipinski definition) is 2. The van der Waals surface area contributed by atoms with Crippen LogP contribution in [0.25, 0.3) is 0 Å². The van der Waals surface area contributed by atoms with Crippen molar-refractivity contribution < 1.29 is 13.5 Å². The normalized spacial score (nSPS) is 10.5. The van der Waals surface area contributed by atoms with E-state index in [2.05, 4.69) is 10.1 Å². The van der Waals surface area contributed by atoms with Gasteiger partial charge in [0, 0.05) is 0 Å². The highest BCUT2D eigenvalue weighted by Crippen LogP contribution is 2.32. The molecule has 3 nitrogen and oxygen atoms in total. The summed E-state index contributed by atoms with van der Waals surface area (Å²) in [6.45, 7) is -2.91. The minimum atomic E-state index is -2.91. The summed E-state index contributed by atoms with van der Waals surface area (Å²) >= 11 is 11.0. The zero-order chi connectivity index (χ0) is 15.4. The minimum absolute atomic E-state index is 0.0152. The van der Waals surface area contributed by atoms with Gasteiger partial charge in [0.05, 0.1) is 22.0 Å². The van der Waals surface area contributed by atoms with Crippen LogP contribution in [0.2, 0.25) is 5.02 Å².